The first-order chi connectivity index (χ1) is 31.7. The molecule has 2 aliphatic rings. The van der Waals surface area contributed by atoms with Crippen LogP contribution in [0.5, 0.6) is 5.75 Å². The standard InChI is InChI=1S/C45H41BrClN7O12/c1-2-65-33-13-7-10-27(24-33)38-43(57)52(41(34-17-15-30(46)25-35(34)47)51(38)42(56)29-11-6-12-32(23-29)53(61)62)40-36(18-16-31-20-21-66-49-31)50(44(40)58)39(45(59)60)28(14-19-37(55)48-54(63)64)22-26-8-4-3-5-9-26/h3-13,15,17,20-21,23-25,28,36,38-41H,2,14,16,18-19,22H2,1H3,(H,48,55)(H,59,60)/t28-,36-,38?,39?,40+,41?/m1/s1. The van der Waals surface area contributed by atoms with Gasteiger partial charge in [0.25, 0.3) is 23.4 Å². The summed E-state index contributed by atoms with van der Waals surface area (Å²) in [5.41, 5.74) is 2.63. The fraction of sp³-hybridized carbons (Fsp3) is 0.289. The molecule has 2 saturated heterocycles. The number of nitro groups is 2. The number of nitrogens with one attached hydrogen (secondary N) is 1. The summed E-state index contributed by atoms with van der Waals surface area (Å²) in [6, 6.07) is 20.8. The van der Waals surface area contributed by atoms with E-state index in [4.69, 9.17) is 20.9 Å². The average Bonchev–Trinajstić information content (AvgIpc) is 3.91. The van der Waals surface area contributed by atoms with Gasteiger partial charge < -0.3 is 24.2 Å². The number of aromatic nitrogens is 1. The van der Waals surface area contributed by atoms with Gasteiger partial charge in [-0.05, 0) is 80.0 Å². The van der Waals surface area contributed by atoms with E-state index < -0.39 is 87.9 Å². The molecule has 2 aliphatic heterocycles. The summed E-state index contributed by atoms with van der Waals surface area (Å²) in [7, 11) is 0. The topological polar surface area (TPSA) is 249 Å². The molecule has 0 aliphatic carbocycles. The van der Waals surface area contributed by atoms with E-state index in [9.17, 15) is 34.9 Å². The Hall–Kier alpha value is -7.19. The summed E-state index contributed by atoms with van der Waals surface area (Å²) >= 11 is 10.4. The number of nitrogens with zero attached hydrogens (tertiary/aromatic N) is 6. The molecule has 3 unspecified atom stereocenters. The van der Waals surface area contributed by atoms with E-state index in [1.807, 2.05) is 0 Å². The first-order valence-corrected chi connectivity index (χ1v) is 21.8. The highest BCUT2D eigenvalue weighted by Gasteiger charge is 2.63. The van der Waals surface area contributed by atoms with E-state index in [0.29, 0.717) is 21.5 Å². The van der Waals surface area contributed by atoms with Crippen LogP contribution in [-0.4, -0.2) is 89.2 Å². The van der Waals surface area contributed by atoms with Crippen molar-refractivity contribution >= 4 is 62.8 Å². The van der Waals surface area contributed by atoms with E-state index in [0.717, 1.165) is 11.0 Å². The van der Waals surface area contributed by atoms with Gasteiger partial charge >= 0.3 is 5.97 Å². The molecule has 0 bridgehead atoms. The van der Waals surface area contributed by atoms with Gasteiger partial charge in [0.1, 0.15) is 36.3 Å². The third-order valence-corrected chi connectivity index (χ3v) is 12.4. The maximum atomic E-state index is 15.6. The van der Waals surface area contributed by atoms with Crippen molar-refractivity contribution in [3.8, 4) is 5.75 Å². The van der Waals surface area contributed by atoms with Crippen LogP contribution in [0.15, 0.2) is 118 Å². The number of hydrogen-bond acceptors (Lipinski definition) is 12. The van der Waals surface area contributed by atoms with Crippen LogP contribution in [0.1, 0.15) is 71.1 Å². The molecular formula is C45H41BrClN7O12. The number of hydrogen-bond donors (Lipinski definition) is 2. The zero-order valence-electron chi connectivity index (χ0n) is 35.0. The number of nitro benzene ring substituents is 1. The number of halogens is 2. The zero-order chi connectivity index (χ0) is 47.2. The van der Waals surface area contributed by atoms with Gasteiger partial charge in [-0.2, -0.15) is 0 Å². The van der Waals surface area contributed by atoms with Crippen molar-refractivity contribution < 1.29 is 48.3 Å². The highest BCUT2D eigenvalue weighted by atomic mass is 79.9. The number of carbonyl (C=O) groups is 5. The van der Waals surface area contributed by atoms with Crippen LogP contribution in [0.4, 0.5) is 5.69 Å². The Balaban J connectivity index is 1.40. The zero-order valence-corrected chi connectivity index (χ0v) is 37.3. The summed E-state index contributed by atoms with van der Waals surface area (Å²) in [4.78, 5) is 98.2. The molecule has 0 spiro atoms. The lowest BCUT2D eigenvalue weighted by Gasteiger charge is -2.55. The van der Waals surface area contributed by atoms with Crippen molar-refractivity contribution in [3.63, 3.8) is 0 Å². The molecule has 21 heteroatoms. The molecule has 3 heterocycles. The van der Waals surface area contributed by atoms with E-state index in [-0.39, 0.29) is 54.0 Å². The lowest BCUT2D eigenvalue weighted by atomic mass is 9.80. The van der Waals surface area contributed by atoms with Crippen LogP contribution in [-0.2, 0) is 32.0 Å². The predicted molar refractivity (Wildman–Crippen MR) is 237 cm³/mol. The van der Waals surface area contributed by atoms with Gasteiger partial charge in [-0.15, -0.1) is 0 Å². The highest BCUT2D eigenvalue weighted by molar-refractivity contribution is 9.10. The number of benzene rings is 4. The molecule has 4 amide bonds. The van der Waals surface area contributed by atoms with Crippen molar-refractivity contribution in [3.05, 3.63) is 167 Å². The lowest BCUT2D eigenvalue weighted by Crippen LogP contribution is -2.75. The average molecular weight is 987 g/mol. The second-order valence-electron chi connectivity index (χ2n) is 15.6. The first-order valence-electron chi connectivity index (χ1n) is 20.7. The molecule has 2 fully saturated rings. The Kier molecular flexibility index (Phi) is 14.4. The van der Waals surface area contributed by atoms with Crippen molar-refractivity contribution in [2.24, 2.45) is 5.92 Å². The Morgan fingerprint density at radius 1 is 0.970 bits per heavy atom. The van der Waals surface area contributed by atoms with E-state index in [2.05, 4.69) is 21.1 Å². The number of ether oxygens (including phenoxy) is 1. The number of carboxylic acid groups (broad SMARTS) is 1. The molecule has 6 atom stereocenters. The monoisotopic (exact) mass is 985 g/mol. The third-order valence-electron chi connectivity index (χ3n) is 11.6. The fourth-order valence-electron chi connectivity index (χ4n) is 8.80. The van der Waals surface area contributed by atoms with Crippen LogP contribution in [0, 0.1) is 26.1 Å². The maximum Gasteiger partial charge on any atom is 0.326 e. The van der Waals surface area contributed by atoms with Crippen LogP contribution in [0.3, 0.4) is 0 Å². The summed E-state index contributed by atoms with van der Waals surface area (Å²) in [6.07, 6.45) is -0.591. The van der Waals surface area contributed by atoms with Gasteiger partial charge in [-0.3, -0.25) is 34.2 Å². The predicted octanol–water partition coefficient (Wildman–Crippen LogP) is 6.73. The molecule has 342 valence electrons. The second kappa shape index (κ2) is 20.3. The molecule has 1 aromatic heterocycles. The molecule has 66 heavy (non-hydrogen) atoms. The van der Waals surface area contributed by atoms with Crippen LogP contribution < -0.4 is 10.2 Å². The number of aliphatic carboxylic acids is 1. The Labute approximate surface area is 389 Å². The van der Waals surface area contributed by atoms with Gasteiger partial charge in [0.05, 0.1) is 23.3 Å². The van der Waals surface area contributed by atoms with Crippen molar-refractivity contribution in [1.82, 2.24) is 25.3 Å². The van der Waals surface area contributed by atoms with Gasteiger partial charge in [-0.1, -0.05) is 92.7 Å². The normalized spacial score (nSPS) is 18.9. The van der Waals surface area contributed by atoms with Crippen LogP contribution in [0.25, 0.3) is 0 Å². The second-order valence-corrected chi connectivity index (χ2v) is 16.9. The largest absolute Gasteiger partial charge is 0.494 e. The van der Waals surface area contributed by atoms with Gasteiger partial charge in [0, 0.05) is 45.2 Å². The fourth-order valence-corrected chi connectivity index (χ4v) is 9.57. The summed E-state index contributed by atoms with van der Waals surface area (Å²) < 4.78 is 11.4. The minimum Gasteiger partial charge on any atom is -0.494 e. The molecule has 7 rings (SSSR count). The molecule has 4 aromatic carbocycles. The molecule has 0 saturated carbocycles. The van der Waals surface area contributed by atoms with Crippen molar-refractivity contribution in [2.45, 2.75) is 69.4 Å². The summed E-state index contributed by atoms with van der Waals surface area (Å²) in [5, 5.41) is 37.2. The maximum absolute atomic E-state index is 15.6. The van der Waals surface area contributed by atoms with Gasteiger partial charge in [0.15, 0.2) is 5.03 Å². The number of carbonyl (C=O) groups excluding carboxylic acids is 4. The number of hydrazine groups is 1. The Bertz CT molecular complexity index is 2660. The number of carboxylic acids is 1. The number of likely N-dealkylation sites (tertiary alicyclic amines) is 1. The summed E-state index contributed by atoms with van der Waals surface area (Å²) in [6.45, 7) is 2.03. The summed E-state index contributed by atoms with van der Waals surface area (Å²) in [5.74, 6) is -5.42. The van der Waals surface area contributed by atoms with Crippen molar-refractivity contribution in [2.75, 3.05) is 6.61 Å². The highest BCUT2D eigenvalue weighted by Crippen LogP contribution is 2.50. The van der Waals surface area contributed by atoms with Crippen molar-refractivity contribution in [1.29, 1.82) is 0 Å². The molecule has 5 aromatic rings. The van der Waals surface area contributed by atoms with Crippen LogP contribution >= 0.6 is 27.5 Å². The number of non-ortho nitro benzene ring substituents is 1. The molecule has 2 N–H and O–H groups in total. The smallest absolute Gasteiger partial charge is 0.326 e. The molecule has 19 nitrogen and oxygen atoms in total. The third kappa shape index (κ3) is 9.88. The minimum atomic E-state index is -1.63. The Morgan fingerprint density at radius 2 is 1.73 bits per heavy atom. The van der Waals surface area contributed by atoms with Gasteiger partial charge in [-0.25, -0.2) is 14.9 Å². The lowest BCUT2D eigenvalue weighted by molar-refractivity contribution is -0.530. The minimum absolute atomic E-state index is 0.0144. The first kappa shape index (κ1) is 46.8. The van der Waals surface area contributed by atoms with E-state index in [1.165, 1.54) is 34.3 Å². The van der Waals surface area contributed by atoms with Gasteiger partial charge in [0.2, 0.25) is 5.91 Å². The number of aryl methyl sites for hydroxylation is 1. The SMILES string of the molecule is CCOc1cccc(C2C(=O)N([C@@H]3C(=O)N(C(C(=O)O)[C@H](CCC(=O)N[N+](=O)[O-])Cc4ccccc4)[C@@H]3CCc3ccon3)C(c3ccc(Br)cc3Cl)N2C(=O)c2cccc([N+](=O)[O-])c2)c1. The Morgan fingerprint density at radius 3 is 2.39 bits per heavy atom. The molecular weight excluding hydrogens is 946 g/mol. The quantitative estimate of drug-likeness (QED) is 0.0495. The molecule has 0 radical (unpaired) electrons. The number of amides is 4. The number of β-lactam (4-membered cyclic amide) rings is 1. The van der Waals surface area contributed by atoms with Crippen LogP contribution in [0.2, 0.25) is 5.02 Å². The number of rotatable bonds is 19. The van der Waals surface area contributed by atoms with E-state index >= 15 is 14.4 Å². The van der Waals surface area contributed by atoms with E-state index in [1.54, 1.807) is 91.2 Å².